The number of fused-ring (bicyclic) bond motifs is 2. The summed E-state index contributed by atoms with van der Waals surface area (Å²) < 4.78 is 13.9. The van der Waals surface area contributed by atoms with Crippen molar-refractivity contribution in [1.29, 1.82) is 0 Å². The minimum absolute atomic E-state index is 0.122. The van der Waals surface area contributed by atoms with E-state index < -0.39 is 0 Å². The molecule has 1 fully saturated rings. The topological polar surface area (TPSA) is 80.9 Å². The smallest absolute Gasteiger partial charge is 0.196 e. The van der Waals surface area contributed by atoms with Crippen molar-refractivity contribution in [2.45, 2.75) is 32.7 Å². The van der Waals surface area contributed by atoms with Gasteiger partial charge >= 0.3 is 0 Å². The van der Waals surface area contributed by atoms with E-state index in [2.05, 4.69) is 41.1 Å². The quantitative estimate of drug-likeness (QED) is 0.372. The molecule has 3 aromatic heterocycles. The molecule has 6 rings (SSSR count). The van der Waals surface area contributed by atoms with Crippen LogP contribution in [0.1, 0.15) is 30.2 Å². The van der Waals surface area contributed by atoms with Crippen LogP contribution in [0.4, 0.5) is 5.69 Å². The first kappa shape index (κ1) is 19.1. The maximum Gasteiger partial charge on any atom is 0.196 e. The van der Waals surface area contributed by atoms with Crippen molar-refractivity contribution in [3.63, 3.8) is 0 Å². The highest BCUT2D eigenvalue weighted by Gasteiger charge is 2.28. The van der Waals surface area contributed by atoms with Gasteiger partial charge in [-0.15, -0.1) is 11.3 Å². The molecule has 0 aliphatic heterocycles. The second kappa shape index (κ2) is 6.97. The molecular formula is C25H20N2O4S. The average molecular weight is 445 g/mol. The summed E-state index contributed by atoms with van der Waals surface area (Å²) in [4.78, 5) is 18.5. The number of hydrogen-bond donors (Lipinski definition) is 1. The van der Waals surface area contributed by atoms with Gasteiger partial charge in [0.1, 0.15) is 16.9 Å². The summed E-state index contributed by atoms with van der Waals surface area (Å²) in [7, 11) is 0. The number of nitrogens with zero attached hydrogens (tertiary/aromatic N) is 2. The Morgan fingerprint density at radius 2 is 1.91 bits per heavy atom. The number of aromatic hydroxyl groups is 1. The molecule has 1 N–H and O–H groups in total. The van der Waals surface area contributed by atoms with Crippen LogP contribution in [0, 0.1) is 13.8 Å². The van der Waals surface area contributed by atoms with Crippen LogP contribution in [0.5, 0.6) is 5.75 Å². The van der Waals surface area contributed by atoms with E-state index in [1.165, 1.54) is 17.9 Å². The molecule has 1 saturated carbocycles. The number of hydrogen-bond acceptors (Lipinski definition) is 6. The SMILES string of the molecule is Cc1ccc(-c2csc(=Nc3c4occc4c(O)c4c(=O)cc(C)oc34)n2C2CC2)cc1. The fraction of sp³-hybridized carbons (Fsp3) is 0.200. The van der Waals surface area contributed by atoms with Gasteiger partial charge in [0.2, 0.25) is 0 Å². The summed E-state index contributed by atoms with van der Waals surface area (Å²) in [5.74, 6) is 0.309. The lowest BCUT2D eigenvalue weighted by molar-refractivity contribution is 0.484. The maximum absolute atomic E-state index is 12.7. The van der Waals surface area contributed by atoms with Crippen LogP contribution in [0.25, 0.3) is 33.2 Å². The number of benzene rings is 2. The molecule has 32 heavy (non-hydrogen) atoms. The van der Waals surface area contributed by atoms with Crippen molar-refractivity contribution >= 4 is 39.0 Å². The molecule has 1 aliphatic carbocycles. The van der Waals surface area contributed by atoms with Crippen LogP contribution >= 0.6 is 11.3 Å². The summed E-state index contributed by atoms with van der Waals surface area (Å²) in [5, 5.41) is 13.4. The van der Waals surface area contributed by atoms with Crippen LogP contribution in [0.3, 0.4) is 0 Å². The monoisotopic (exact) mass is 444 g/mol. The third-order valence-electron chi connectivity index (χ3n) is 5.87. The van der Waals surface area contributed by atoms with Gasteiger partial charge in [0.15, 0.2) is 27.1 Å². The van der Waals surface area contributed by atoms with E-state index >= 15 is 0 Å². The number of phenols is 1. The van der Waals surface area contributed by atoms with Crippen molar-refractivity contribution in [3.8, 4) is 17.0 Å². The molecule has 160 valence electrons. The highest BCUT2D eigenvalue weighted by atomic mass is 32.1. The van der Waals surface area contributed by atoms with E-state index in [1.54, 1.807) is 24.3 Å². The normalized spacial score (nSPS) is 14.6. The molecule has 7 heteroatoms. The van der Waals surface area contributed by atoms with E-state index in [4.69, 9.17) is 13.8 Å². The Balaban J connectivity index is 1.68. The van der Waals surface area contributed by atoms with Crippen LogP contribution in [0.2, 0.25) is 0 Å². The predicted molar refractivity (Wildman–Crippen MR) is 125 cm³/mol. The summed E-state index contributed by atoms with van der Waals surface area (Å²) in [6.45, 7) is 3.78. The van der Waals surface area contributed by atoms with E-state index in [0.29, 0.717) is 28.5 Å². The number of phenolic OH excluding ortho intramolecular Hbond substituents is 1. The predicted octanol–water partition coefficient (Wildman–Crippen LogP) is 5.96. The van der Waals surface area contributed by atoms with Crippen molar-refractivity contribution in [3.05, 3.63) is 74.4 Å². The van der Waals surface area contributed by atoms with Gasteiger partial charge in [-0.05, 0) is 38.3 Å². The Hall–Kier alpha value is -3.58. The molecule has 0 bridgehead atoms. The molecule has 0 radical (unpaired) electrons. The molecule has 0 saturated heterocycles. The molecule has 0 amide bonds. The van der Waals surface area contributed by atoms with Gasteiger partial charge in [-0.25, -0.2) is 4.99 Å². The largest absolute Gasteiger partial charge is 0.506 e. The lowest BCUT2D eigenvalue weighted by Crippen LogP contribution is -2.14. The average Bonchev–Trinajstić information content (AvgIpc) is 3.32. The molecular weight excluding hydrogens is 424 g/mol. The first-order chi connectivity index (χ1) is 15.5. The summed E-state index contributed by atoms with van der Waals surface area (Å²) in [5.41, 5.74) is 4.23. The van der Waals surface area contributed by atoms with Gasteiger partial charge < -0.3 is 18.5 Å². The fourth-order valence-corrected chi connectivity index (χ4v) is 5.11. The molecule has 0 spiro atoms. The highest BCUT2D eigenvalue weighted by Crippen LogP contribution is 2.42. The van der Waals surface area contributed by atoms with Crippen molar-refractivity contribution in [2.24, 2.45) is 4.99 Å². The summed E-state index contributed by atoms with van der Waals surface area (Å²) >= 11 is 1.54. The summed E-state index contributed by atoms with van der Waals surface area (Å²) in [6, 6.07) is 11.9. The lowest BCUT2D eigenvalue weighted by Gasteiger charge is -2.09. The van der Waals surface area contributed by atoms with Crippen molar-refractivity contribution in [1.82, 2.24) is 4.57 Å². The Kier molecular flexibility index (Phi) is 4.16. The molecule has 6 nitrogen and oxygen atoms in total. The van der Waals surface area contributed by atoms with Crippen molar-refractivity contribution < 1.29 is 13.9 Å². The van der Waals surface area contributed by atoms with Crippen LogP contribution in [-0.2, 0) is 0 Å². The first-order valence-corrected chi connectivity index (χ1v) is 11.4. The minimum Gasteiger partial charge on any atom is -0.506 e. The van der Waals surface area contributed by atoms with E-state index in [1.807, 2.05) is 0 Å². The molecule has 0 unspecified atom stereocenters. The van der Waals surface area contributed by atoms with Gasteiger partial charge in [0, 0.05) is 17.5 Å². The van der Waals surface area contributed by atoms with Gasteiger partial charge in [-0.3, -0.25) is 4.79 Å². The molecule has 3 heterocycles. The third-order valence-corrected chi connectivity index (χ3v) is 6.71. The Morgan fingerprint density at radius 1 is 1.12 bits per heavy atom. The highest BCUT2D eigenvalue weighted by molar-refractivity contribution is 7.07. The molecule has 2 aromatic carbocycles. The second-order valence-corrected chi connectivity index (χ2v) is 9.11. The zero-order valence-electron chi connectivity index (χ0n) is 17.6. The number of aromatic nitrogens is 1. The zero-order valence-corrected chi connectivity index (χ0v) is 18.4. The number of thiazole rings is 1. The third kappa shape index (κ3) is 2.92. The van der Waals surface area contributed by atoms with E-state index in [-0.39, 0.29) is 22.1 Å². The number of aryl methyl sites for hydroxylation is 2. The lowest BCUT2D eigenvalue weighted by atomic mass is 10.1. The molecule has 1 aliphatic rings. The van der Waals surface area contributed by atoms with E-state index in [9.17, 15) is 9.90 Å². The molecule has 5 aromatic rings. The van der Waals surface area contributed by atoms with Crippen molar-refractivity contribution in [2.75, 3.05) is 0 Å². The Morgan fingerprint density at radius 3 is 2.66 bits per heavy atom. The van der Waals surface area contributed by atoms with Crippen LogP contribution in [0.15, 0.2) is 66.7 Å². The maximum atomic E-state index is 12.7. The second-order valence-electron chi connectivity index (χ2n) is 8.27. The number of furan rings is 1. The molecule has 0 atom stereocenters. The van der Waals surface area contributed by atoms with E-state index in [0.717, 1.165) is 28.9 Å². The Labute approximate surface area is 186 Å². The number of rotatable bonds is 3. The van der Waals surface area contributed by atoms with Gasteiger partial charge in [0.25, 0.3) is 0 Å². The standard InChI is InChI=1S/C25H20N2O4S/c1-13-3-5-15(6-4-13)18-12-32-25(27(18)16-7-8-16)26-21-23-17(9-10-30-23)22(29)20-19(28)11-14(2)31-24(20)21/h3-6,9-12,16,29H,7-8H2,1-2H3. The van der Waals surface area contributed by atoms with Gasteiger partial charge in [-0.1, -0.05) is 29.8 Å². The minimum atomic E-state index is -0.303. The van der Waals surface area contributed by atoms with Gasteiger partial charge in [-0.2, -0.15) is 0 Å². The fourth-order valence-electron chi connectivity index (χ4n) is 4.14. The summed E-state index contributed by atoms with van der Waals surface area (Å²) in [6.07, 6.45) is 3.69. The van der Waals surface area contributed by atoms with Crippen LogP contribution < -0.4 is 10.2 Å². The zero-order chi connectivity index (χ0) is 22.0. The van der Waals surface area contributed by atoms with Crippen LogP contribution in [-0.4, -0.2) is 9.67 Å². The first-order valence-electron chi connectivity index (χ1n) is 10.5. The van der Waals surface area contributed by atoms with Gasteiger partial charge in [0.05, 0.1) is 17.3 Å². The Bertz CT molecular complexity index is 1630.